The second kappa shape index (κ2) is 6.95. The molecule has 1 N–H and O–H groups in total. The van der Waals surface area contributed by atoms with Crippen LogP contribution >= 0.6 is 0 Å². The Morgan fingerprint density at radius 3 is 2.68 bits per heavy atom. The number of amides is 1. The highest BCUT2D eigenvalue weighted by molar-refractivity contribution is 6.06. The molecular formula is C20H15F3N4O. The van der Waals surface area contributed by atoms with Gasteiger partial charge in [0.1, 0.15) is 17.3 Å². The van der Waals surface area contributed by atoms with Gasteiger partial charge in [0, 0.05) is 18.3 Å². The smallest absolute Gasteiger partial charge is 0.277 e. The molecule has 1 amide bonds. The lowest BCUT2D eigenvalue weighted by atomic mass is 10.2. The standard InChI is InChI=1S/C20H15F3N4O/c1-11-24-15(20(28)27-9-8-12-4-2-3-5-16(12)27)10-17(25-11)26-14-7-6-13(21)18(22)19(14)23/h2-7,10H,8-9H2,1H3,(H,24,25,26). The van der Waals surface area contributed by atoms with Gasteiger partial charge in [-0.3, -0.25) is 4.79 Å². The van der Waals surface area contributed by atoms with Crippen molar-refractivity contribution in [1.82, 2.24) is 9.97 Å². The Labute approximate surface area is 158 Å². The highest BCUT2D eigenvalue weighted by Gasteiger charge is 2.26. The van der Waals surface area contributed by atoms with Crippen LogP contribution in [0.5, 0.6) is 0 Å². The third-order valence-electron chi connectivity index (χ3n) is 4.49. The molecule has 0 fully saturated rings. The molecule has 1 aliphatic heterocycles. The van der Waals surface area contributed by atoms with Crippen LogP contribution in [0.2, 0.25) is 0 Å². The molecule has 0 atom stereocenters. The molecule has 0 saturated heterocycles. The third-order valence-corrected chi connectivity index (χ3v) is 4.49. The van der Waals surface area contributed by atoms with Gasteiger partial charge >= 0.3 is 0 Å². The van der Waals surface area contributed by atoms with Crippen molar-refractivity contribution in [1.29, 1.82) is 0 Å². The van der Waals surface area contributed by atoms with Crippen molar-refractivity contribution >= 4 is 23.1 Å². The van der Waals surface area contributed by atoms with Gasteiger partial charge in [-0.15, -0.1) is 0 Å². The van der Waals surface area contributed by atoms with E-state index in [-0.39, 0.29) is 28.9 Å². The third kappa shape index (κ3) is 3.17. The normalized spacial score (nSPS) is 12.8. The Morgan fingerprint density at radius 1 is 1.07 bits per heavy atom. The van der Waals surface area contributed by atoms with Gasteiger partial charge in [0.05, 0.1) is 5.69 Å². The van der Waals surface area contributed by atoms with E-state index in [9.17, 15) is 18.0 Å². The molecule has 2 heterocycles. The Balaban J connectivity index is 1.65. The fraction of sp³-hybridized carbons (Fsp3) is 0.150. The zero-order valence-corrected chi connectivity index (χ0v) is 14.8. The first-order valence-corrected chi connectivity index (χ1v) is 8.60. The van der Waals surface area contributed by atoms with E-state index < -0.39 is 17.5 Å². The van der Waals surface area contributed by atoms with Crippen LogP contribution in [-0.4, -0.2) is 22.4 Å². The van der Waals surface area contributed by atoms with Crippen molar-refractivity contribution in [2.24, 2.45) is 0 Å². The number of nitrogens with one attached hydrogen (secondary N) is 1. The zero-order valence-electron chi connectivity index (χ0n) is 14.8. The van der Waals surface area contributed by atoms with Gasteiger partial charge in [0.2, 0.25) is 0 Å². The summed E-state index contributed by atoms with van der Waals surface area (Å²) >= 11 is 0. The molecule has 1 aliphatic rings. The van der Waals surface area contributed by atoms with E-state index in [1.165, 1.54) is 6.07 Å². The minimum absolute atomic E-state index is 0.105. The van der Waals surface area contributed by atoms with Crippen LogP contribution in [0.15, 0.2) is 42.5 Å². The van der Waals surface area contributed by atoms with Gasteiger partial charge < -0.3 is 10.2 Å². The topological polar surface area (TPSA) is 58.1 Å². The first-order chi connectivity index (χ1) is 13.4. The van der Waals surface area contributed by atoms with Crippen molar-refractivity contribution in [2.75, 3.05) is 16.8 Å². The molecule has 5 nitrogen and oxygen atoms in total. The quantitative estimate of drug-likeness (QED) is 0.690. The van der Waals surface area contributed by atoms with E-state index in [1.807, 2.05) is 24.3 Å². The Hall–Kier alpha value is -3.42. The molecule has 8 heteroatoms. The largest absolute Gasteiger partial charge is 0.338 e. The minimum Gasteiger partial charge on any atom is -0.338 e. The SMILES string of the molecule is Cc1nc(Nc2ccc(F)c(F)c2F)cc(C(=O)N2CCc3ccccc32)n1. The second-order valence-corrected chi connectivity index (χ2v) is 6.37. The van der Waals surface area contributed by atoms with Crippen LogP contribution in [0.25, 0.3) is 0 Å². The van der Waals surface area contributed by atoms with Crippen LogP contribution in [0.3, 0.4) is 0 Å². The van der Waals surface area contributed by atoms with E-state index in [0.717, 1.165) is 29.8 Å². The molecule has 2 aromatic carbocycles. The van der Waals surface area contributed by atoms with E-state index in [2.05, 4.69) is 15.3 Å². The van der Waals surface area contributed by atoms with Crippen molar-refractivity contribution in [3.05, 3.63) is 77.0 Å². The fourth-order valence-electron chi connectivity index (χ4n) is 3.19. The lowest BCUT2D eigenvalue weighted by molar-refractivity contribution is 0.0984. The zero-order chi connectivity index (χ0) is 19.8. The van der Waals surface area contributed by atoms with Gasteiger partial charge in [-0.05, 0) is 37.1 Å². The van der Waals surface area contributed by atoms with Gasteiger partial charge in [-0.25, -0.2) is 23.1 Å². The second-order valence-electron chi connectivity index (χ2n) is 6.37. The number of aryl methyl sites for hydroxylation is 1. The average Bonchev–Trinajstić information content (AvgIpc) is 3.11. The molecule has 0 aliphatic carbocycles. The summed E-state index contributed by atoms with van der Waals surface area (Å²) in [4.78, 5) is 22.9. The number of carbonyl (C=O) groups is 1. The number of aromatic nitrogens is 2. The average molecular weight is 384 g/mol. The van der Waals surface area contributed by atoms with Crippen molar-refractivity contribution in [3.63, 3.8) is 0 Å². The van der Waals surface area contributed by atoms with E-state index in [4.69, 9.17) is 0 Å². The molecule has 3 aromatic rings. The van der Waals surface area contributed by atoms with E-state index in [1.54, 1.807) is 11.8 Å². The number of nitrogens with zero attached hydrogens (tertiary/aromatic N) is 3. The Kier molecular flexibility index (Phi) is 4.46. The number of para-hydroxylation sites is 1. The maximum absolute atomic E-state index is 13.9. The molecule has 0 spiro atoms. The van der Waals surface area contributed by atoms with Crippen molar-refractivity contribution < 1.29 is 18.0 Å². The highest BCUT2D eigenvalue weighted by atomic mass is 19.2. The lowest BCUT2D eigenvalue weighted by Crippen LogP contribution is -2.30. The Morgan fingerprint density at radius 2 is 1.86 bits per heavy atom. The van der Waals surface area contributed by atoms with Gasteiger partial charge in [0.25, 0.3) is 5.91 Å². The number of hydrogen-bond acceptors (Lipinski definition) is 4. The van der Waals surface area contributed by atoms with Crippen LogP contribution in [0, 0.1) is 24.4 Å². The van der Waals surface area contributed by atoms with Gasteiger partial charge in [-0.2, -0.15) is 0 Å². The van der Waals surface area contributed by atoms with Crippen molar-refractivity contribution in [3.8, 4) is 0 Å². The predicted octanol–water partition coefficient (Wildman–Crippen LogP) is 4.15. The summed E-state index contributed by atoms with van der Waals surface area (Å²) in [6.45, 7) is 2.11. The molecule has 4 rings (SSSR count). The molecule has 0 saturated carbocycles. The first kappa shape index (κ1) is 18.0. The minimum atomic E-state index is -1.58. The summed E-state index contributed by atoms with van der Waals surface area (Å²) in [5.74, 6) is -4.16. The maximum Gasteiger partial charge on any atom is 0.277 e. The van der Waals surface area contributed by atoms with E-state index in [0.29, 0.717) is 6.54 Å². The lowest BCUT2D eigenvalue weighted by Gasteiger charge is -2.17. The number of benzene rings is 2. The predicted molar refractivity (Wildman–Crippen MR) is 98.2 cm³/mol. The van der Waals surface area contributed by atoms with Crippen LogP contribution in [0.1, 0.15) is 21.9 Å². The number of carbonyl (C=O) groups excluding carboxylic acids is 1. The molecular weight excluding hydrogens is 369 g/mol. The maximum atomic E-state index is 13.9. The van der Waals surface area contributed by atoms with Crippen molar-refractivity contribution in [2.45, 2.75) is 13.3 Å². The first-order valence-electron chi connectivity index (χ1n) is 8.60. The molecule has 0 unspecified atom stereocenters. The number of hydrogen-bond donors (Lipinski definition) is 1. The van der Waals surface area contributed by atoms with Gasteiger partial charge in [-0.1, -0.05) is 18.2 Å². The molecule has 1 aromatic heterocycles. The molecule has 142 valence electrons. The summed E-state index contributed by atoms with van der Waals surface area (Å²) in [6, 6.07) is 10.8. The number of rotatable bonds is 3. The summed E-state index contributed by atoms with van der Waals surface area (Å²) in [5.41, 5.74) is 1.73. The summed E-state index contributed by atoms with van der Waals surface area (Å²) < 4.78 is 40.5. The number of fused-ring (bicyclic) bond motifs is 1. The molecule has 0 radical (unpaired) electrons. The van der Waals surface area contributed by atoms with Crippen LogP contribution < -0.4 is 10.2 Å². The highest BCUT2D eigenvalue weighted by Crippen LogP contribution is 2.29. The number of halogens is 3. The Bertz CT molecular complexity index is 1090. The van der Waals surface area contributed by atoms with Crippen LogP contribution in [0.4, 0.5) is 30.4 Å². The van der Waals surface area contributed by atoms with Gasteiger partial charge in [0.15, 0.2) is 17.5 Å². The monoisotopic (exact) mass is 384 g/mol. The summed E-state index contributed by atoms with van der Waals surface area (Å²) in [5, 5.41) is 2.58. The number of anilines is 3. The van der Waals surface area contributed by atoms with E-state index >= 15 is 0 Å². The molecule has 0 bridgehead atoms. The van der Waals surface area contributed by atoms with Crippen LogP contribution in [-0.2, 0) is 6.42 Å². The summed E-state index contributed by atoms with van der Waals surface area (Å²) in [6.07, 6.45) is 0.747. The summed E-state index contributed by atoms with van der Waals surface area (Å²) in [7, 11) is 0. The molecule has 28 heavy (non-hydrogen) atoms. The fourth-order valence-corrected chi connectivity index (χ4v) is 3.19.